The van der Waals surface area contributed by atoms with Crippen molar-refractivity contribution in [2.24, 2.45) is 0 Å². The number of carbonyl (C=O) groups is 1. The number of hydrogen-bond donors (Lipinski definition) is 1. The molecule has 0 unspecified atom stereocenters. The molecule has 126 valence electrons. The fourth-order valence-corrected chi connectivity index (χ4v) is 2.80. The fourth-order valence-electron chi connectivity index (χ4n) is 2.80. The van der Waals surface area contributed by atoms with Gasteiger partial charge in [-0.2, -0.15) is 0 Å². The number of rotatable bonds is 4. The van der Waals surface area contributed by atoms with Crippen LogP contribution in [-0.4, -0.2) is 33.9 Å². The molecule has 5 nitrogen and oxygen atoms in total. The van der Waals surface area contributed by atoms with Crippen molar-refractivity contribution in [2.75, 3.05) is 18.4 Å². The molecule has 1 saturated heterocycles. The molecular formula is C18H21FN4O. The Kier molecular flexibility index (Phi) is 5.36. The average Bonchev–Trinajstić information content (AvgIpc) is 2.90. The Balaban J connectivity index is 1.60. The van der Waals surface area contributed by atoms with Crippen molar-refractivity contribution >= 4 is 11.9 Å². The molecule has 1 fully saturated rings. The van der Waals surface area contributed by atoms with Gasteiger partial charge in [0.1, 0.15) is 5.82 Å². The molecule has 1 aromatic heterocycles. The van der Waals surface area contributed by atoms with Crippen molar-refractivity contribution in [3.8, 4) is 0 Å². The molecule has 0 radical (unpaired) electrons. The Labute approximate surface area is 140 Å². The number of anilines is 1. The monoisotopic (exact) mass is 328 g/mol. The van der Waals surface area contributed by atoms with Crippen LogP contribution in [0.1, 0.15) is 41.6 Å². The van der Waals surface area contributed by atoms with Gasteiger partial charge >= 0.3 is 0 Å². The van der Waals surface area contributed by atoms with E-state index in [0.29, 0.717) is 23.6 Å². The Hall–Kier alpha value is -2.50. The van der Waals surface area contributed by atoms with E-state index in [4.69, 9.17) is 0 Å². The van der Waals surface area contributed by atoms with Crippen LogP contribution in [0.2, 0.25) is 0 Å². The number of carbonyl (C=O) groups excluding carboxylic acids is 1. The van der Waals surface area contributed by atoms with Gasteiger partial charge in [0.05, 0.1) is 5.56 Å². The second-order valence-electron chi connectivity index (χ2n) is 5.95. The topological polar surface area (TPSA) is 58.1 Å². The summed E-state index contributed by atoms with van der Waals surface area (Å²) in [6.45, 7) is 1.89. The number of amides is 1. The molecule has 0 bridgehead atoms. The molecule has 3 rings (SSSR count). The van der Waals surface area contributed by atoms with Crippen LogP contribution in [0.4, 0.5) is 10.3 Å². The highest BCUT2D eigenvalue weighted by Crippen LogP contribution is 2.13. The minimum Gasteiger partial charge on any atom is -0.350 e. The second kappa shape index (κ2) is 7.86. The van der Waals surface area contributed by atoms with Crippen LogP contribution in [0.25, 0.3) is 0 Å². The van der Waals surface area contributed by atoms with E-state index in [1.165, 1.54) is 31.3 Å². The van der Waals surface area contributed by atoms with E-state index in [-0.39, 0.29) is 11.7 Å². The molecule has 6 heteroatoms. The number of halogens is 1. The molecule has 0 saturated carbocycles. The molecule has 0 aliphatic carbocycles. The lowest BCUT2D eigenvalue weighted by Gasteiger charge is -2.19. The van der Waals surface area contributed by atoms with Crippen LogP contribution in [-0.2, 0) is 6.54 Å². The molecule has 2 aromatic rings. The first-order valence-corrected chi connectivity index (χ1v) is 8.32. The lowest BCUT2D eigenvalue weighted by Crippen LogP contribution is -2.32. The highest BCUT2D eigenvalue weighted by atomic mass is 19.1. The van der Waals surface area contributed by atoms with Crippen molar-refractivity contribution in [3.05, 3.63) is 53.6 Å². The molecule has 0 atom stereocenters. The second-order valence-corrected chi connectivity index (χ2v) is 5.95. The number of nitrogens with zero attached hydrogens (tertiary/aromatic N) is 3. The van der Waals surface area contributed by atoms with Crippen LogP contribution in [0.15, 0.2) is 36.7 Å². The Morgan fingerprint density at radius 3 is 2.42 bits per heavy atom. The Morgan fingerprint density at radius 1 is 1.08 bits per heavy atom. The first-order valence-electron chi connectivity index (χ1n) is 8.32. The van der Waals surface area contributed by atoms with Gasteiger partial charge < -0.3 is 10.2 Å². The maximum Gasteiger partial charge on any atom is 0.256 e. The molecule has 0 spiro atoms. The van der Waals surface area contributed by atoms with Crippen molar-refractivity contribution < 1.29 is 9.18 Å². The minimum absolute atomic E-state index is 0.0162. The lowest BCUT2D eigenvalue weighted by atomic mass is 10.2. The van der Waals surface area contributed by atoms with Crippen molar-refractivity contribution in [3.63, 3.8) is 0 Å². The van der Waals surface area contributed by atoms with E-state index in [1.807, 2.05) is 4.90 Å². The van der Waals surface area contributed by atoms with Gasteiger partial charge in [-0.05, 0) is 18.9 Å². The normalized spacial score (nSPS) is 15.0. The molecule has 1 aliphatic heterocycles. The third kappa shape index (κ3) is 4.07. The number of nitrogens with one attached hydrogen (secondary N) is 1. The van der Waals surface area contributed by atoms with E-state index in [0.717, 1.165) is 25.9 Å². The quantitative estimate of drug-likeness (QED) is 0.936. The smallest absolute Gasteiger partial charge is 0.256 e. The molecule has 1 amide bonds. The van der Waals surface area contributed by atoms with Crippen LogP contribution in [0.3, 0.4) is 0 Å². The molecule has 24 heavy (non-hydrogen) atoms. The summed E-state index contributed by atoms with van der Waals surface area (Å²) in [5.41, 5.74) is 1.04. The third-order valence-electron chi connectivity index (χ3n) is 4.19. The van der Waals surface area contributed by atoms with Crippen molar-refractivity contribution in [2.45, 2.75) is 32.2 Å². The summed E-state index contributed by atoms with van der Waals surface area (Å²) in [7, 11) is 0. The summed E-state index contributed by atoms with van der Waals surface area (Å²) in [5, 5.41) is 2.97. The third-order valence-corrected chi connectivity index (χ3v) is 4.19. The zero-order valence-corrected chi connectivity index (χ0v) is 13.5. The van der Waals surface area contributed by atoms with Crippen molar-refractivity contribution in [1.82, 2.24) is 14.9 Å². The zero-order valence-electron chi connectivity index (χ0n) is 13.5. The summed E-state index contributed by atoms with van der Waals surface area (Å²) in [6, 6.07) is 6.56. The van der Waals surface area contributed by atoms with Crippen molar-refractivity contribution in [1.29, 1.82) is 0 Å². The predicted molar refractivity (Wildman–Crippen MR) is 90.1 cm³/mol. The van der Waals surface area contributed by atoms with Crippen LogP contribution in [0.5, 0.6) is 0 Å². The fraction of sp³-hybridized carbons (Fsp3) is 0.389. The Morgan fingerprint density at radius 2 is 1.75 bits per heavy atom. The first kappa shape index (κ1) is 16.4. The largest absolute Gasteiger partial charge is 0.350 e. The van der Waals surface area contributed by atoms with E-state index >= 15 is 0 Å². The maximum atomic E-state index is 13.6. The number of benzene rings is 1. The van der Waals surface area contributed by atoms with E-state index < -0.39 is 0 Å². The summed E-state index contributed by atoms with van der Waals surface area (Å²) >= 11 is 0. The van der Waals surface area contributed by atoms with Gasteiger partial charge in [-0.3, -0.25) is 4.79 Å². The Bertz CT molecular complexity index is 682. The standard InChI is InChI=1S/C18H21FN4O/c19-16-8-4-3-7-14(16)11-20-18-21-12-15(13-22-18)17(24)23-9-5-1-2-6-10-23/h3-4,7-8,12-13H,1-2,5-6,9-11H2,(H,20,21,22). The maximum absolute atomic E-state index is 13.6. The molecule has 1 aliphatic rings. The van der Waals surface area contributed by atoms with Gasteiger partial charge in [-0.15, -0.1) is 0 Å². The van der Waals surface area contributed by atoms with Crippen LogP contribution >= 0.6 is 0 Å². The highest BCUT2D eigenvalue weighted by molar-refractivity contribution is 5.93. The number of likely N-dealkylation sites (tertiary alicyclic amines) is 1. The number of aromatic nitrogens is 2. The molecule has 1 N–H and O–H groups in total. The first-order chi connectivity index (χ1) is 11.7. The van der Waals surface area contributed by atoms with Crippen LogP contribution < -0.4 is 5.32 Å². The highest BCUT2D eigenvalue weighted by Gasteiger charge is 2.17. The van der Waals surface area contributed by atoms with E-state index in [2.05, 4.69) is 15.3 Å². The number of hydrogen-bond acceptors (Lipinski definition) is 4. The van der Waals surface area contributed by atoms with Crippen LogP contribution in [0, 0.1) is 5.82 Å². The van der Waals surface area contributed by atoms with E-state index in [1.54, 1.807) is 18.2 Å². The van der Waals surface area contributed by atoms with Gasteiger partial charge in [-0.25, -0.2) is 14.4 Å². The average molecular weight is 328 g/mol. The van der Waals surface area contributed by atoms with Gasteiger partial charge in [0, 0.05) is 37.6 Å². The minimum atomic E-state index is -0.266. The lowest BCUT2D eigenvalue weighted by molar-refractivity contribution is 0.0761. The SMILES string of the molecule is O=C(c1cnc(NCc2ccccc2F)nc1)N1CCCCCC1. The van der Waals surface area contributed by atoms with Gasteiger partial charge in [0.2, 0.25) is 5.95 Å². The zero-order chi connectivity index (χ0) is 16.8. The summed E-state index contributed by atoms with van der Waals surface area (Å²) in [4.78, 5) is 22.7. The molecular weight excluding hydrogens is 307 g/mol. The van der Waals surface area contributed by atoms with Gasteiger partial charge in [0.25, 0.3) is 5.91 Å². The molecule has 1 aromatic carbocycles. The predicted octanol–water partition coefficient (Wildman–Crippen LogP) is 3.24. The summed E-state index contributed by atoms with van der Waals surface area (Å²) in [5.74, 6) is 0.0983. The molecule has 2 heterocycles. The van der Waals surface area contributed by atoms with Gasteiger partial charge in [0.15, 0.2) is 0 Å². The summed E-state index contributed by atoms with van der Waals surface area (Å²) < 4.78 is 13.6. The van der Waals surface area contributed by atoms with E-state index in [9.17, 15) is 9.18 Å². The summed E-state index contributed by atoms with van der Waals surface area (Å²) in [6.07, 6.45) is 7.52. The van der Waals surface area contributed by atoms with Gasteiger partial charge in [-0.1, -0.05) is 31.0 Å².